The van der Waals surface area contributed by atoms with Crippen LogP contribution in [0, 0.1) is 5.41 Å². The lowest BCUT2D eigenvalue weighted by atomic mass is 9.94. The largest absolute Gasteiger partial charge is 0.272 e. The molecule has 1 aliphatic rings. The molecule has 4 nitrogen and oxygen atoms in total. The highest BCUT2D eigenvalue weighted by Crippen LogP contribution is 2.32. The van der Waals surface area contributed by atoms with E-state index in [0.29, 0.717) is 11.4 Å². The summed E-state index contributed by atoms with van der Waals surface area (Å²) in [7, 11) is 0. The number of rotatable bonds is 1. The second-order valence-corrected chi connectivity index (χ2v) is 5.82. The van der Waals surface area contributed by atoms with Gasteiger partial charge in [-0.15, -0.1) is 0 Å². The van der Waals surface area contributed by atoms with Crippen molar-refractivity contribution < 1.29 is 4.79 Å². The average molecular weight is 266 g/mol. The van der Waals surface area contributed by atoms with E-state index in [1.165, 1.54) is 5.01 Å². The molecule has 0 fully saturated rings. The third-order valence-corrected chi connectivity index (χ3v) is 3.00. The van der Waals surface area contributed by atoms with E-state index in [1.807, 2.05) is 26.8 Å². The van der Waals surface area contributed by atoms with E-state index in [2.05, 4.69) is 10.1 Å². The highest BCUT2D eigenvalue weighted by Gasteiger charge is 2.35. The minimum atomic E-state index is -0.452. The fourth-order valence-corrected chi connectivity index (χ4v) is 2.02. The van der Waals surface area contributed by atoms with E-state index in [0.717, 1.165) is 5.56 Å². The van der Waals surface area contributed by atoms with Crippen molar-refractivity contribution in [3.05, 3.63) is 29.0 Å². The van der Waals surface area contributed by atoms with Crippen LogP contribution in [-0.2, 0) is 4.79 Å². The summed E-state index contributed by atoms with van der Waals surface area (Å²) in [5.74, 6) is 0.00113. The maximum atomic E-state index is 12.3. The number of hydrogen-bond acceptors (Lipinski definition) is 3. The van der Waals surface area contributed by atoms with Crippen molar-refractivity contribution >= 4 is 23.7 Å². The van der Waals surface area contributed by atoms with Crippen LogP contribution in [0.3, 0.4) is 0 Å². The van der Waals surface area contributed by atoms with Gasteiger partial charge in [0.05, 0.1) is 11.1 Å². The molecular weight excluding hydrogens is 250 g/mol. The van der Waals surface area contributed by atoms with Gasteiger partial charge >= 0.3 is 0 Å². The fourth-order valence-electron chi connectivity index (χ4n) is 1.84. The van der Waals surface area contributed by atoms with E-state index in [1.54, 1.807) is 18.6 Å². The van der Waals surface area contributed by atoms with Gasteiger partial charge < -0.3 is 0 Å². The van der Waals surface area contributed by atoms with Crippen LogP contribution >= 0.6 is 11.6 Å². The SMILES string of the molecule is CC(C)(C)C(=O)N1N=CCC1c1cncc(Cl)c1. The fraction of sp³-hybridized carbons (Fsp3) is 0.462. The molecule has 0 saturated carbocycles. The minimum absolute atomic E-state index is 0.00113. The molecule has 0 spiro atoms. The van der Waals surface area contributed by atoms with Gasteiger partial charge in [-0.2, -0.15) is 5.10 Å². The Morgan fingerprint density at radius 3 is 2.78 bits per heavy atom. The Bertz CT molecular complexity index is 493. The second-order valence-electron chi connectivity index (χ2n) is 5.39. The van der Waals surface area contributed by atoms with Crippen molar-refractivity contribution in [3.8, 4) is 0 Å². The molecule has 1 unspecified atom stereocenters. The average Bonchev–Trinajstić information content (AvgIpc) is 2.75. The number of carbonyl (C=O) groups is 1. The Kier molecular flexibility index (Phi) is 3.39. The summed E-state index contributed by atoms with van der Waals surface area (Å²) in [6, 6.07) is 1.74. The van der Waals surface area contributed by atoms with E-state index in [4.69, 9.17) is 11.6 Å². The molecule has 0 saturated heterocycles. The first kappa shape index (κ1) is 13.0. The van der Waals surface area contributed by atoms with Crippen molar-refractivity contribution in [1.29, 1.82) is 0 Å². The van der Waals surface area contributed by atoms with Crippen LogP contribution in [0.5, 0.6) is 0 Å². The number of halogens is 1. The number of hydrazone groups is 1. The number of pyridine rings is 1. The summed E-state index contributed by atoms with van der Waals surface area (Å²) in [5, 5.41) is 6.28. The molecule has 1 aromatic rings. The van der Waals surface area contributed by atoms with Gasteiger partial charge in [0.2, 0.25) is 5.91 Å². The molecule has 0 aromatic carbocycles. The van der Waals surface area contributed by atoms with Gasteiger partial charge in [0.15, 0.2) is 0 Å². The number of carbonyl (C=O) groups excluding carboxylic acids is 1. The molecule has 1 aliphatic heterocycles. The maximum Gasteiger partial charge on any atom is 0.248 e. The van der Waals surface area contributed by atoms with Gasteiger partial charge in [0, 0.05) is 30.4 Å². The van der Waals surface area contributed by atoms with Gasteiger partial charge in [0.1, 0.15) is 0 Å². The Balaban J connectivity index is 2.27. The predicted octanol–water partition coefficient (Wildman–Crippen LogP) is 3.04. The van der Waals surface area contributed by atoms with Crippen LogP contribution in [0.1, 0.15) is 38.8 Å². The quantitative estimate of drug-likeness (QED) is 0.783. The topological polar surface area (TPSA) is 45.6 Å². The summed E-state index contributed by atoms with van der Waals surface area (Å²) in [4.78, 5) is 16.4. The molecule has 18 heavy (non-hydrogen) atoms. The highest BCUT2D eigenvalue weighted by atomic mass is 35.5. The summed E-state index contributed by atoms with van der Waals surface area (Å²) in [5.41, 5.74) is 0.462. The van der Waals surface area contributed by atoms with Crippen LogP contribution in [0.25, 0.3) is 0 Å². The van der Waals surface area contributed by atoms with E-state index in [9.17, 15) is 4.79 Å². The molecule has 0 aliphatic carbocycles. The molecule has 0 bridgehead atoms. The summed E-state index contributed by atoms with van der Waals surface area (Å²) in [6.07, 6.45) is 5.77. The number of aromatic nitrogens is 1. The lowest BCUT2D eigenvalue weighted by Gasteiger charge is -2.28. The summed E-state index contributed by atoms with van der Waals surface area (Å²) < 4.78 is 0. The van der Waals surface area contributed by atoms with Gasteiger partial charge in [-0.05, 0) is 11.6 Å². The standard InChI is InChI=1S/C13H16ClN3O/c1-13(2,3)12(18)17-11(4-5-16-17)9-6-10(14)8-15-7-9/h5-8,11H,4H2,1-3H3. The first-order valence-electron chi connectivity index (χ1n) is 5.86. The smallest absolute Gasteiger partial charge is 0.248 e. The van der Waals surface area contributed by atoms with E-state index < -0.39 is 5.41 Å². The van der Waals surface area contributed by atoms with Crippen molar-refractivity contribution in [3.63, 3.8) is 0 Å². The maximum absolute atomic E-state index is 12.3. The summed E-state index contributed by atoms with van der Waals surface area (Å²) >= 11 is 5.93. The third-order valence-electron chi connectivity index (χ3n) is 2.79. The second kappa shape index (κ2) is 4.69. The molecule has 1 aromatic heterocycles. The molecule has 1 atom stereocenters. The molecule has 0 radical (unpaired) electrons. The van der Waals surface area contributed by atoms with Crippen LogP contribution in [0.4, 0.5) is 0 Å². The van der Waals surface area contributed by atoms with E-state index in [-0.39, 0.29) is 11.9 Å². The molecule has 2 rings (SSSR count). The van der Waals surface area contributed by atoms with Crippen molar-refractivity contribution in [1.82, 2.24) is 9.99 Å². The van der Waals surface area contributed by atoms with E-state index >= 15 is 0 Å². The van der Waals surface area contributed by atoms with Gasteiger partial charge in [0.25, 0.3) is 0 Å². The molecule has 1 amide bonds. The van der Waals surface area contributed by atoms with Crippen LogP contribution in [0.2, 0.25) is 5.02 Å². The first-order chi connectivity index (χ1) is 8.39. The van der Waals surface area contributed by atoms with Crippen molar-refractivity contribution in [2.45, 2.75) is 33.2 Å². The lowest BCUT2D eigenvalue weighted by molar-refractivity contribution is -0.141. The van der Waals surface area contributed by atoms with Crippen LogP contribution in [-0.4, -0.2) is 22.1 Å². The van der Waals surface area contributed by atoms with Gasteiger partial charge in [-0.3, -0.25) is 9.78 Å². The Morgan fingerprint density at radius 2 is 2.17 bits per heavy atom. The molecule has 96 valence electrons. The third kappa shape index (κ3) is 2.53. The molecular formula is C13H16ClN3O. The predicted molar refractivity (Wildman–Crippen MR) is 71.4 cm³/mol. The zero-order chi connectivity index (χ0) is 13.3. The first-order valence-corrected chi connectivity index (χ1v) is 6.24. The Labute approximate surface area is 112 Å². The Morgan fingerprint density at radius 1 is 1.44 bits per heavy atom. The Hall–Kier alpha value is -1.42. The monoisotopic (exact) mass is 265 g/mol. The zero-order valence-electron chi connectivity index (χ0n) is 10.7. The zero-order valence-corrected chi connectivity index (χ0v) is 11.5. The number of hydrogen-bond donors (Lipinski definition) is 0. The highest BCUT2D eigenvalue weighted by molar-refractivity contribution is 6.30. The minimum Gasteiger partial charge on any atom is -0.272 e. The van der Waals surface area contributed by atoms with Gasteiger partial charge in [-0.25, -0.2) is 5.01 Å². The van der Waals surface area contributed by atoms with Gasteiger partial charge in [-0.1, -0.05) is 32.4 Å². The molecule has 2 heterocycles. The lowest BCUT2D eigenvalue weighted by Crippen LogP contribution is -2.36. The van der Waals surface area contributed by atoms with Crippen molar-refractivity contribution in [2.75, 3.05) is 0 Å². The number of nitrogens with zero attached hydrogens (tertiary/aromatic N) is 3. The number of amides is 1. The summed E-state index contributed by atoms with van der Waals surface area (Å²) in [6.45, 7) is 5.66. The van der Waals surface area contributed by atoms with Crippen LogP contribution in [0.15, 0.2) is 23.6 Å². The normalized spacial score (nSPS) is 19.3. The molecule has 0 N–H and O–H groups in total. The molecule has 5 heteroatoms. The van der Waals surface area contributed by atoms with Crippen molar-refractivity contribution in [2.24, 2.45) is 10.5 Å². The van der Waals surface area contributed by atoms with Crippen LogP contribution < -0.4 is 0 Å².